The number of aliphatic hydroxyl groups excluding tert-OH is 3. The summed E-state index contributed by atoms with van der Waals surface area (Å²) in [5.74, 6) is 0. The molecule has 18 heavy (non-hydrogen) atoms. The molecule has 6 nitrogen and oxygen atoms in total. The van der Waals surface area contributed by atoms with Crippen LogP contribution in [0.15, 0.2) is 4.99 Å². The number of fused-ring (bicyclic) bond motifs is 1. The van der Waals surface area contributed by atoms with Crippen LogP contribution in [0.5, 0.6) is 0 Å². The van der Waals surface area contributed by atoms with Gasteiger partial charge in [0.05, 0.1) is 6.10 Å². The van der Waals surface area contributed by atoms with E-state index in [0.29, 0.717) is 0 Å². The van der Waals surface area contributed by atoms with Gasteiger partial charge >= 0.3 is 0 Å². The molecule has 0 spiro atoms. The lowest BCUT2D eigenvalue weighted by Gasteiger charge is -2.39. The molecule has 1 saturated heterocycles. The van der Waals surface area contributed by atoms with Gasteiger partial charge in [0.15, 0.2) is 5.17 Å². The smallest absolute Gasteiger partial charge is 0.162 e. The van der Waals surface area contributed by atoms with Gasteiger partial charge in [-0.15, -0.1) is 0 Å². The van der Waals surface area contributed by atoms with Crippen LogP contribution in [0, 0.1) is 0 Å². The highest BCUT2D eigenvalue weighted by atomic mass is 32.2. The van der Waals surface area contributed by atoms with E-state index in [1.54, 1.807) is 6.92 Å². The van der Waals surface area contributed by atoms with Crippen LogP contribution >= 0.6 is 11.8 Å². The molecule has 3 N–H and O–H groups in total. The average molecular weight is 276 g/mol. The van der Waals surface area contributed by atoms with E-state index >= 15 is 0 Å². The molecule has 0 aromatic heterocycles. The monoisotopic (exact) mass is 276 g/mol. The number of hydrogen-bond donors (Lipinski definition) is 3. The lowest BCUT2D eigenvalue weighted by Crippen LogP contribution is -2.57. The van der Waals surface area contributed by atoms with Gasteiger partial charge in [-0.05, 0) is 13.8 Å². The van der Waals surface area contributed by atoms with Crippen molar-refractivity contribution in [1.29, 1.82) is 0 Å². The molecule has 2 aliphatic rings. The molecule has 0 aromatic carbocycles. The Bertz CT molecular complexity index is 339. The highest BCUT2D eigenvalue weighted by Crippen LogP contribution is 2.37. The van der Waals surface area contributed by atoms with Crippen LogP contribution in [-0.4, -0.2) is 74.9 Å². The summed E-state index contributed by atoms with van der Waals surface area (Å²) in [5.41, 5.74) is -0.341. The fraction of sp³-hybridized carbons (Fsp3) is 0.909. The van der Waals surface area contributed by atoms with Crippen LogP contribution in [-0.2, 0) is 4.74 Å². The molecule has 0 aromatic rings. The zero-order chi connectivity index (χ0) is 13.4. The molecule has 104 valence electrons. The van der Waals surface area contributed by atoms with Gasteiger partial charge in [0.2, 0.25) is 0 Å². The van der Waals surface area contributed by atoms with Crippen molar-refractivity contribution in [2.45, 2.75) is 49.7 Å². The van der Waals surface area contributed by atoms with Crippen LogP contribution in [0.25, 0.3) is 0 Å². The summed E-state index contributed by atoms with van der Waals surface area (Å²) in [6.45, 7) is 4.36. The summed E-state index contributed by atoms with van der Waals surface area (Å²) in [6, 6.07) is -0.469. The summed E-state index contributed by atoms with van der Waals surface area (Å²) in [6.07, 6.45) is -3.71. The summed E-state index contributed by atoms with van der Waals surface area (Å²) in [4.78, 5) is 6.36. The summed E-state index contributed by atoms with van der Waals surface area (Å²) < 4.78 is 5.64. The van der Waals surface area contributed by atoms with Gasteiger partial charge in [-0.1, -0.05) is 11.8 Å². The Morgan fingerprint density at radius 3 is 2.67 bits per heavy atom. The van der Waals surface area contributed by atoms with E-state index in [1.807, 2.05) is 18.9 Å². The highest BCUT2D eigenvalue weighted by Gasteiger charge is 2.49. The number of aliphatic hydroxyl groups is 3. The Labute approximate surface area is 111 Å². The van der Waals surface area contributed by atoms with Gasteiger partial charge in [-0.2, -0.15) is 0 Å². The van der Waals surface area contributed by atoms with Crippen molar-refractivity contribution < 1.29 is 20.1 Å². The second kappa shape index (κ2) is 5.34. The first-order valence-electron chi connectivity index (χ1n) is 6.11. The molecule has 6 atom stereocenters. The molecular weight excluding hydrogens is 256 g/mol. The van der Waals surface area contributed by atoms with E-state index in [9.17, 15) is 15.3 Å². The van der Waals surface area contributed by atoms with E-state index < -0.39 is 30.5 Å². The molecule has 0 bridgehead atoms. The minimum Gasteiger partial charge on any atom is -0.391 e. The lowest BCUT2D eigenvalue weighted by molar-refractivity contribution is -0.181. The molecule has 0 unspecified atom stereocenters. The third-order valence-electron chi connectivity index (χ3n) is 3.36. The van der Waals surface area contributed by atoms with Gasteiger partial charge in [0.1, 0.15) is 29.8 Å². The maximum Gasteiger partial charge on any atom is 0.162 e. The standard InChI is InChI=1S/C11H20N2O4S/c1-4-13(3)11-12-6-7(15)8(16)9(5(2)14)17-10(6)18-11/h5-10,14-16H,4H2,1-3H3/t5-,6+,7+,8-,9+,10+/m0/s1. The summed E-state index contributed by atoms with van der Waals surface area (Å²) in [7, 11) is 1.91. The zero-order valence-electron chi connectivity index (χ0n) is 10.7. The highest BCUT2D eigenvalue weighted by molar-refractivity contribution is 8.14. The number of thioether (sulfide) groups is 1. The quantitative estimate of drug-likeness (QED) is 0.614. The predicted molar refractivity (Wildman–Crippen MR) is 69.5 cm³/mol. The Morgan fingerprint density at radius 1 is 1.44 bits per heavy atom. The van der Waals surface area contributed by atoms with Crippen molar-refractivity contribution in [1.82, 2.24) is 4.90 Å². The van der Waals surface area contributed by atoms with Crippen molar-refractivity contribution in [2.24, 2.45) is 4.99 Å². The largest absolute Gasteiger partial charge is 0.391 e. The minimum atomic E-state index is -1.11. The lowest BCUT2D eigenvalue weighted by atomic mass is 9.95. The average Bonchev–Trinajstić information content (AvgIpc) is 2.76. The number of hydrogen-bond acceptors (Lipinski definition) is 7. The number of amidine groups is 1. The number of ether oxygens (including phenoxy) is 1. The normalized spacial score (nSPS) is 41.2. The first kappa shape index (κ1) is 14.1. The van der Waals surface area contributed by atoms with Gasteiger partial charge < -0.3 is 25.0 Å². The zero-order valence-corrected chi connectivity index (χ0v) is 11.5. The Hall–Kier alpha value is -0.340. The number of rotatable bonds is 2. The van der Waals surface area contributed by atoms with E-state index in [0.717, 1.165) is 11.7 Å². The SMILES string of the molecule is CCN(C)C1=N[C@@H]2[C@@H](O)[C@H](O)[C@@H]([C@H](C)O)O[C@@H]2S1. The van der Waals surface area contributed by atoms with Gasteiger partial charge in [0, 0.05) is 13.6 Å². The second-order valence-electron chi connectivity index (χ2n) is 4.73. The molecular formula is C11H20N2O4S. The first-order valence-corrected chi connectivity index (χ1v) is 6.99. The second-order valence-corrected chi connectivity index (χ2v) is 5.79. The maximum atomic E-state index is 10.1. The van der Waals surface area contributed by atoms with E-state index in [-0.39, 0.29) is 5.44 Å². The van der Waals surface area contributed by atoms with Gasteiger partial charge in [-0.3, -0.25) is 4.99 Å². The van der Waals surface area contributed by atoms with Crippen LogP contribution in [0.1, 0.15) is 13.8 Å². The minimum absolute atomic E-state index is 0.341. The van der Waals surface area contributed by atoms with Crippen molar-refractivity contribution >= 4 is 16.9 Å². The molecule has 2 aliphatic heterocycles. The Kier molecular flexibility index (Phi) is 4.18. The van der Waals surface area contributed by atoms with E-state index in [1.165, 1.54) is 11.8 Å². The molecule has 0 radical (unpaired) electrons. The van der Waals surface area contributed by atoms with E-state index in [4.69, 9.17) is 4.74 Å². The number of nitrogens with zero attached hydrogens (tertiary/aromatic N) is 2. The van der Waals surface area contributed by atoms with Crippen molar-refractivity contribution in [2.75, 3.05) is 13.6 Å². The predicted octanol–water partition coefficient (Wildman–Crippen LogP) is -0.763. The molecule has 0 aliphatic carbocycles. The van der Waals surface area contributed by atoms with E-state index in [2.05, 4.69) is 4.99 Å². The van der Waals surface area contributed by atoms with Crippen molar-refractivity contribution in [3.05, 3.63) is 0 Å². The molecule has 0 saturated carbocycles. The van der Waals surface area contributed by atoms with Gasteiger partial charge in [0.25, 0.3) is 0 Å². The number of aliphatic imine (C=N–C) groups is 1. The molecule has 1 fully saturated rings. The first-order chi connectivity index (χ1) is 8.45. The Morgan fingerprint density at radius 2 is 2.11 bits per heavy atom. The van der Waals surface area contributed by atoms with Crippen molar-refractivity contribution in [3.8, 4) is 0 Å². The van der Waals surface area contributed by atoms with Crippen LogP contribution in [0.2, 0.25) is 0 Å². The third-order valence-corrected chi connectivity index (χ3v) is 4.61. The summed E-state index contributed by atoms with van der Waals surface area (Å²) >= 11 is 1.43. The van der Waals surface area contributed by atoms with Gasteiger partial charge in [-0.25, -0.2) is 0 Å². The summed E-state index contributed by atoms with van der Waals surface area (Å²) in [5, 5.41) is 30.3. The van der Waals surface area contributed by atoms with Crippen LogP contribution in [0.4, 0.5) is 0 Å². The molecule has 2 rings (SSSR count). The van der Waals surface area contributed by atoms with Crippen LogP contribution in [0.3, 0.4) is 0 Å². The third kappa shape index (κ3) is 2.37. The topological polar surface area (TPSA) is 85.5 Å². The van der Waals surface area contributed by atoms with Crippen LogP contribution < -0.4 is 0 Å². The Balaban J connectivity index is 2.13. The fourth-order valence-corrected chi connectivity index (χ4v) is 3.34. The fourth-order valence-electron chi connectivity index (χ4n) is 2.09. The molecule has 7 heteroatoms. The van der Waals surface area contributed by atoms with Crippen molar-refractivity contribution in [3.63, 3.8) is 0 Å². The molecule has 0 amide bonds. The molecule has 2 heterocycles. The maximum absolute atomic E-state index is 10.1.